The molecule has 2 heterocycles. The Hall–Kier alpha value is -0.0900. The van der Waals surface area contributed by atoms with Crippen molar-refractivity contribution >= 4 is 23.5 Å². The van der Waals surface area contributed by atoms with E-state index in [1.54, 1.807) is 0 Å². The van der Waals surface area contributed by atoms with Crippen LogP contribution in [0.2, 0.25) is 0 Å². The highest BCUT2D eigenvalue weighted by molar-refractivity contribution is 8.19. The Labute approximate surface area is 113 Å². The normalized spacial score (nSPS) is 29.4. The quantitative estimate of drug-likeness (QED) is 0.804. The average molecular weight is 270 g/mol. The molecule has 1 aromatic rings. The number of thioether (sulfide) groups is 2. The van der Waals surface area contributed by atoms with Crippen LogP contribution in [0.5, 0.6) is 0 Å². The molecule has 0 spiro atoms. The summed E-state index contributed by atoms with van der Waals surface area (Å²) in [5, 5.41) is 0.837. The molecule has 96 valence electrons. The van der Waals surface area contributed by atoms with Crippen LogP contribution in [0.4, 0.5) is 0 Å². The largest absolute Gasteiger partial charge is 0.337 e. The van der Waals surface area contributed by atoms with E-state index in [-0.39, 0.29) is 0 Å². The maximum Gasteiger partial charge on any atom is 0.0945 e. The van der Waals surface area contributed by atoms with Crippen LogP contribution in [0.25, 0.3) is 0 Å². The lowest BCUT2D eigenvalue weighted by Crippen LogP contribution is -2.28. The van der Waals surface area contributed by atoms with Crippen molar-refractivity contribution < 1.29 is 0 Å². The summed E-state index contributed by atoms with van der Waals surface area (Å²) in [5.41, 5.74) is 0. The van der Waals surface area contributed by atoms with Gasteiger partial charge in [0.15, 0.2) is 0 Å². The maximum absolute atomic E-state index is 4.09. The summed E-state index contributed by atoms with van der Waals surface area (Å²) in [6.07, 6.45) is 11.1. The van der Waals surface area contributed by atoms with Gasteiger partial charge in [-0.25, -0.2) is 4.98 Å². The fraction of sp³-hybridized carbons (Fsp3) is 0.769. The third-order valence-corrected chi connectivity index (χ3v) is 7.04. The van der Waals surface area contributed by atoms with Crippen molar-refractivity contribution in [3.63, 3.8) is 0 Å². The number of aryl methyl sites for hydroxylation is 1. The highest BCUT2D eigenvalue weighted by Gasteiger charge is 2.34. The fourth-order valence-corrected chi connectivity index (χ4v) is 6.21. The van der Waals surface area contributed by atoms with Crippen LogP contribution in [0.1, 0.15) is 39.5 Å². The number of imidazole rings is 1. The molecule has 0 aliphatic carbocycles. The standard InChI is InChI=1S/C13H22N2S2/c1-3-13(16-10-5-12(2)17-13)6-4-8-15-9-7-14-11-15/h7,9,11-12H,3-6,8,10H2,1-2H3. The first-order valence-electron chi connectivity index (χ1n) is 6.51. The van der Waals surface area contributed by atoms with E-state index in [2.05, 4.69) is 53.1 Å². The van der Waals surface area contributed by atoms with Gasteiger partial charge in [-0.1, -0.05) is 13.8 Å². The Morgan fingerprint density at radius 3 is 3.06 bits per heavy atom. The van der Waals surface area contributed by atoms with Crippen LogP contribution >= 0.6 is 23.5 Å². The number of hydrogen-bond donors (Lipinski definition) is 0. The topological polar surface area (TPSA) is 17.8 Å². The van der Waals surface area contributed by atoms with E-state index in [1.807, 2.05) is 12.5 Å². The van der Waals surface area contributed by atoms with Crippen molar-refractivity contribution in [2.75, 3.05) is 5.75 Å². The number of nitrogens with zero attached hydrogens (tertiary/aromatic N) is 2. The van der Waals surface area contributed by atoms with E-state index in [0.717, 1.165) is 11.8 Å². The van der Waals surface area contributed by atoms with E-state index >= 15 is 0 Å². The summed E-state index contributed by atoms with van der Waals surface area (Å²) >= 11 is 4.40. The van der Waals surface area contributed by atoms with Gasteiger partial charge >= 0.3 is 0 Å². The van der Waals surface area contributed by atoms with Crippen LogP contribution in [-0.4, -0.2) is 24.6 Å². The molecule has 2 nitrogen and oxygen atoms in total. The molecule has 0 saturated carbocycles. The van der Waals surface area contributed by atoms with E-state index in [1.165, 1.54) is 31.4 Å². The third-order valence-electron chi connectivity index (χ3n) is 3.38. The predicted molar refractivity (Wildman–Crippen MR) is 78.6 cm³/mol. The molecule has 2 unspecified atom stereocenters. The first-order chi connectivity index (χ1) is 8.24. The highest BCUT2D eigenvalue weighted by Crippen LogP contribution is 2.50. The number of hydrogen-bond acceptors (Lipinski definition) is 3. The summed E-state index contributed by atoms with van der Waals surface area (Å²) in [7, 11) is 0. The second-order valence-electron chi connectivity index (χ2n) is 4.73. The van der Waals surface area contributed by atoms with Gasteiger partial charge in [-0.05, 0) is 31.4 Å². The minimum atomic E-state index is 0.484. The van der Waals surface area contributed by atoms with Crippen molar-refractivity contribution in [1.29, 1.82) is 0 Å². The van der Waals surface area contributed by atoms with Crippen molar-refractivity contribution in [3.8, 4) is 0 Å². The molecular formula is C13H22N2S2. The van der Waals surface area contributed by atoms with Crippen molar-refractivity contribution in [1.82, 2.24) is 9.55 Å². The summed E-state index contributed by atoms with van der Waals surface area (Å²) in [6, 6.07) is 0. The van der Waals surface area contributed by atoms with Crippen molar-refractivity contribution in [2.24, 2.45) is 0 Å². The molecule has 17 heavy (non-hydrogen) atoms. The van der Waals surface area contributed by atoms with Gasteiger partial charge in [0.1, 0.15) is 0 Å². The Morgan fingerprint density at radius 1 is 1.53 bits per heavy atom. The lowest BCUT2D eigenvalue weighted by Gasteiger charge is -2.38. The second-order valence-corrected chi connectivity index (χ2v) is 8.29. The maximum atomic E-state index is 4.09. The number of aromatic nitrogens is 2. The van der Waals surface area contributed by atoms with Crippen molar-refractivity contribution in [3.05, 3.63) is 18.7 Å². The second kappa shape index (κ2) is 6.19. The van der Waals surface area contributed by atoms with E-state index in [0.29, 0.717) is 4.08 Å². The van der Waals surface area contributed by atoms with E-state index in [4.69, 9.17) is 0 Å². The third kappa shape index (κ3) is 3.68. The molecule has 4 heteroatoms. The Balaban J connectivity index is 1.82. The van der Waals surface area contributed by atoms with Gasteiger partial charge in [0, 0.05) is 24.2 Å². The van der Waals surface area contributed by atoms with Gasteiger partial charge in [0.05, 0.1) is 10.4 Å². The van der Waals surface area contributed by atoms with Gasteiger partial charge in [-0.2, -0.15) is 0 Å². The Bertz CT molecular complexity index is 326. The fourth-order valence-electron chi connectivity index (χ4n) is 2.31. The summed E-state index contributed by atoms with van der Waals surface area (Å²) in [5.74, 6) is 1.34. The van der Waals surface area contributed by atoms with Crippen LogP contribution in [0, 0.1) is 0 Å². The zero-order valence-electron chi connectivity index (χ0n) is 10.8. The molecular weight excluding hydrogens is 248 g/mol. The van der Waals surface area contributed by atoms with Crippen LogP contribution in [-0.2, 0) is 6.54 Å². The zero-order chi connectivity index (χ0) is 12.1. The van der Waals surface area contributed by atoms with Crippen molar-refractivity contribution in [2.45, 2.75) is 55.4 Å². The minimum Gasteiger partial charge on any atom is -0.337 e. The lowest BCUT2D eigenvalue weighted by atomic mass is 10.2. The number of rotatable bonds is 5. The molecule has 2 atom stereocenters. The molecule has 1 aromatic heterocycles. The molecule has 1 saturated heterocycles. The molecule has 1 aliphatic rings. The molecule has 0 N–H and O–H groups in total. The van der Waals surface area contributed by atoms with Gasteiger partial charge in [-0.15, -0.1) is 23.5 Å². The molecule has 0 aromatic carbocycles. The zero-order valence-corrected chi connectivity index (χ0v) is 12.4. The van der Waals surface area contributed by atoms with Crippen LogP contribution < -0.4 is 0 Å². The Morgan fingerprint density at radius 2 is 2.41 bits per heavy atom. The molecule has 1 aliphatic heterocycles. The predicted octanol–water partition coefficient (Wildman–Crippen LogP) is 4.03. The monoisotopic (exact) mass is 270 g/mol. The van der Waals surface area contributed by atoms with Gasteiger partial charge in [0.2, 0.25) is 0 Å². The van der Waals surface area contributed by atoms with Gasteiger partial charge in [-0.3, -0.25) is 0 Å². The lowest BCUT2D eigenvalue weighted by molar-refractivity contribution is 0.567. The first-order valence-corrected chi connectivity index (χ1v) is 8.38. The SMILES string of the molecule is CCC1(CCCn2ccnc2)SCCC(C)S1. The van der Waals surface area contributed by atoms with Gasteiger partial charge < -0.3 is 4.57 Å². The molecule has 2 rings (SSSR count). The Kier molecular flexibility index (Phi) is 4.86. The van der Waals surface area contributed by atoms with E-state index in [9.17, 15) is 0 Å². The van der Waals surface area contributed by atoms with Gasteiger partial charge in [0.25, 0.3) is 0 Å². The molecule has 0 amide bonds. The first kappa shape index (κ1) is 13.3. The minimum absolute atomic E-state index is 0.484. The van der Waals surface area contributed by atoms with E-state index < -0.39 is 0 Å². The highest BCUT2D eigenvalue weighted by atomic mass is 32.2. The van der Waals surface area contributed by atoms with Crippen LogP contribution in [0.15, 0.2) is 18.7 Å². The molecule has 1 fully saturated rings. The van der Waals surface area contributed by atoms with Crippen LogP contribution in [0.3, 0.4) is 0 Å². The average Bonchev–Trinajstić information content (AvgIpc) is 2.82. The summed E-state index contributed by atoms with van der Waals surface area (Å²) < 4.78 is 2.67. The molecule has 0 radical (unpaired) electrons. The smallest absolute Gasteiger partial charge is 0.0945 e. The summed E-state index contributed by atoms with van der Waals surface area (Å²) in [6.45, 7) is 5.83. The summed E-state index contributed by atoms with van der Waals surface area (Å²) in [4.78, 5) is 4.09. The molecule has 0 bridgehead atoms.